The van der Waals surface area contributed by atoms with Crippen molar-refractivity contribution >= 4 is 62.6 Å². The number of nitro benzene ring substituents is 1. The summed E-state index contributed by atoms with van der Waals surface area (Å²) in [5.74, 6) is -0.372. The average molecular weight is 468 g/mol. The molecule has 1 amide bonds. The first-order valence-electron chi connectivity index (χ1n) is 9.03. The smallest absolute Gasteiger partial charge is 0.266 e. The minimum absolute atomic E-state index is 0.00919. The minimum Gasteiger partial charge on any atom is -0.266 e. The fourth-order valence-electron chi connectivity index (χ4n) is 2.78. The van der Waals surface area contributed by atoms with Crippen LogP contribution in [-0.2, 0) is 0 Å². The monoisotopic (exact) mass is 467 g/mol. The Morgan fingerprint density at radius 3 is 2.65 bits per heavy atom. The molecule has 6 nitrogen and oxygen atoms in total. The van der Waals surface area contributed by atoms with Crippen LogP contribution in [0.3, 0.4) is 0 Å². The number of amides is 1. The van der Waals surface area contributed by atoms with Crippen molar-refractivity contribution in [1.82, 2.24) is 5.43 Å². The number of halogens is 1. The van der Waals surface area contributed by atoms with Crippen molar-refractivity contribution in [3.05, 3.63) is 98.4 Å². The molecule has 0 saturated heterocycles. The van der Waals surface area contributed by atoms with E-state index >= 15 is 0 Å². The molecule has 3 aromatic carbocycles. The van der Waals surface area contributed by atoms with Crippen LogP contribution in [0.15, 0.2) is 87.7 Å². The first-order chi connectivity index (χ1) is 15.0. The van der Waals surface area contributed by atoms with E-state index in [2.05, 4.69) is 10.5 Å². The molecule has 1 N–H and O–H groups in total. The summed E-state index contributed by atoms with van der Waals surface area (Å²) in [5, 5.41) is 16.3. The number of nitrogens with zero attached hydrogens (tertiary/aromatic N) is 2. The molecule has 154 valence electrons. The van der Waals surface area contributed by atoms with Crippen molar-refractivity contribution in [3.63, 3.8) is 0 Å². The van der Waals surface area contributed by atoms with Crippen LogP contribution in [0.2, 0.25) is 5.02 Å². The fourth-order valence-corrected chi connectivity index (χ4v) is 4.75. The quantitative estimate of drug-likeness (QED) is 0.202. The highest BCUT2D eigenvalue weighted by Crippen LogP contribution is 2.31. The van der Waals surface area contributed by atoms with Gasteiger partial charge in [-0.3, -0.25) is 14.9 Å². The van der Waals surface area contributed by atoms with Crippen LogP contribution in [-0.4, -0.2) is 17.0 Å². The molecule has 0 radical (unpaired) electrons. The van der Waals surface area contributed by atoms with Crippen molar-refractivity contribution in [2.75, 3.05) is 0 Å². The van der Waals surface area contributed by atoms with Crippen LogP contribution in [0.5, 0.6) is 0 Å². The Morgan fingerprint density at radius 1 is 1.10 bits per heavy atom. The summed E-state index contributed by atoms with van der Waals surface area (Å²) in [6.45, 7) is 0. The second-order valence-electron chi connectivity index (χ2n) is 6.38. The number of thiophene rings is 1. The van der Waals surface area contributed by atoms with Crippen LogP contribution >= 0.6 is 34.7 Å². The number of non-ortho nitro benzene ring substituents is 1. The number of nitrogens with one attached hydrogen (secondary N) is 1. The second-order valence-corrected chi connectivity index (χ2v) is 9.02. The normalized spacial score (nSPS) is 11.1. The maximum Gasteiger partial charge on any atom is 0.281 e. The van der Waals surface area contributed by atoms with Gasteiger partial charge in [-0.2, -0.15) is 5.10 Å². The maximum atomic E-state index is 12.5. The highest BCUT2D eigenvalue weighted by Gasteiger charge is 2.13. The van der Waals surface area contributed by atoms with E-state index in [9.17, 15) is 14.9 Å². The van der Waals surface area contributed by atoms with Crippen LogP contribution in [0, 0.1) is 10.1 Å². The Hall–Kier alpha value is -3.20. The van der Waals surface area contributed by atoms with Crippen LogP contribution in [0.25, 0.3) is 10.1 Å². The molecule has 0 aliphatic carbocycles. The molecule has 0 fully saturated rings. The Balaban J connectivity index is 1.47. The number of carbonyl (C=O) groups is 1. The first-order valence-corrected chi connectivity index (χ1v) is 11.0. The van der Waals surface area contributed by atoms with Gasteiger partial charge in [-0.1, -0.05) is 41.6 Å². The second kappa shape index (κ2) is 9.30. The summed E-state index contributed by atoms with van der Waals surface area (Å²) in [6.07, 6.45) is 1.59. The van der Waals surface area contributed by atoms with E-state index in [0.29, 0.717) is 15.3 Å². The Bertz CT molecular complexity index is 1300. The Morgan fingerprint density at radius 2 is 1.87 bits per heavy atom. The van der Waals surface area contributed by atoms with Crippen molar-refractivity contribution in [2.24, 2.45) is 5.10 Å². The minimum atomic E-state index is -0.458. The lowest BCUT2D eigenvalue weighted by Crippen LogP contribution is -2.16. The standard InChI is InChI=1S/C22H14ClN3O3S2/c23-16-5-8-18(9-6-16)30-19-4-2-1-3-14(19)13-24-25-22(27)21-12-15-11-17(26(28)29)7-10-20(15)31-21/h1-13H,(H,25,27). The number of rotatable bonds is 6. The zero-order valence-electron chi connectivity index (χ0n) is 15.8. The topological polar surface area (TPSA) is 84.6 Å². The zero-order chi connectivity index (χ0) is 21.8. The van der Waals surface area contributed by atoms with Crippen molar-refractivity contribution in [3.8, 4) is 0 Å². The third-order valence-corrected chi connectivity index (χ3v) is 6.73. The zero-order valence-corrected chi connectivity index (χ0v) is 18.2. The van der Waals surface area contributed by atoms with Gasteiger partial charge in [0.2, 0.25) is 0 Å². The summed E-state index contributed by atoms with van der Waals surface area (Å²) >= 11 is 8.77. The van der Waals surface area contributed by atoms with Gasteiger partial charge in [0.1, 0.15) is 0 Å². The summed E-state index contributed by atoms with van der Waals surface area (Å²) in [7, 11) is 0. The number of hydrogen-bond acceptors (Lipinski definition) is 6. The van der Waals surface area contributed by atoms with E-state index in [1.165, 1.54) is 23.5 Å². The van der Waals surface area contributed by atoms with Gasteiger partial charge < -0.3 is 0 Å². The molecular weight excluding hydrogens is 454 g/mol. The number of carbonyl (C=O) groups excluding carboxylic acids is 1. The SMILES string of the molecule is O=C(NN=Cc1ccccc1Sc1ccc(Cl)cc1)c1cc2cc([N+](=O)[O-])ccc2s1. The van der Waals surface area contributed by atoms with Crippen molar-refractivity contribution in [2.45, 2.75) is 9.79 Å². The first kappa shape index (κ1) is 21.0. The molecule has 0 aliphatic heterocycles. The van der Waals surface area contributed by atoms with Crippen LogP contribution in [0.4, 0.5) is 5.69 Å². The van der Waals surface area contributed by atoms with Gasteiger partial charge >= 0.3 is 0 Å². The van der Waals surface area contributed by atoms with Gasteiger partial charge in [-0.15, -0.1) is 11.3 Å². The predicted molar refractivity (Wildman–Crippen MR) is 126 cm³/mol. The maximum absolute atomic E-state index is 12.5. The molecule has 0 spiro atoms. The lowest BCUT2D eigenvalue weighted by Gasteiger charge is -2.05. The highest BCUT2D eigenvalue weighted by atomic mass is 35.5. The third kappa shape index (κ3) is 5.11. The van der Waals surface area contributed by atoms with Crippen molar-refractivity contribution in [1.29, 1.82) is 0 Å². The van der Waals surface area contributed by atoms with E-state index in [-0.39, 0.29) is 11.6 Å². The molecule has 0 bridgehead atoms. The number of hydrogen-bond donors (Lipinski definition) is 1. The van der Waals surface area contributed by atoms with E-state index in [1.807, 2.05) is 48.5 Å². The molecule has 9 heteroatoms. The number of benzene rings is 3. The fraction of sp³-hybridized carbons (Fsp3) is 0. The van der Waals surface area contributed by atoms with Gasteiger partial charge in [0, 0.05) is 42.6 Å². The molecule has 31 heavy (non-hydrogen) atoms. The lowest BCUT2D eigenvalue weighted by molar-refractivity contribution is -0.384. The predicted octanol–water partition coefficient (Wildman–Crippen LogP) is 6.38. The van der Waals surface area contributed by atoms with E-state index in [0.717, 1.165) is 20.1 Å². The van der Waals surface area contributed by atoms with Gasteiger partial charge in [0.25, 0.3) is 11.6 Å². The summed E-state index contributed by atoms with van der Waals surface area (Å²) in [4.78, 5) is 25.4. The van der Waals surface area contributed by atoms with E-state index < -0.39 is 4.92 Å². The molecular formula is C22H14ClN3O3S2. The number of hydrazone groups is 1. The molecule has 4 aromatic rings. The highest BCUT2D eigenvalue weighted by molar-refractivity contribution is 7.99. The Labute approximate surface area is 190 Å². The average Bonchev–Trinajstić information content (AvgIpc) is 3.20. The number of fused-ring (bicyclic) bond motifs is 1. The van der Waals surface area contributed by atoms with E-state index in [4.69, 9.17) is 11.6 Å². The van der Waals surface area contributed by atoms with E-state index in [1.54, 1.807) is 30.1 Å². The van der Waals surface area contributed by atoms with Gasteiger partial charge in [-0.05, 0) is 42.5 Å². The van der Waals surface area contributed by atoms with Crippen LogP contribution in [0.1, 0.15) is 15.2 Å². The van der Waals surface area contributed by atoms with Gasteiger partial charge in [0.05, 0.1) is 16.0 Å². The molecule has 0 unspecified atom stereocenters. The molecule has 1 heterocycles. The van der Waals surface area contributed by atoms with Gasteiger partial charge in [0.15, 0.2) is 0 Å². The van der Waals surface area contributed by atoms with Crippen LogP contribution < -0.4 is 5.43 Å². The molecule has 0 saturated carbocycles. The summed E-state index contributed by atoms with van der Waals surface area (Å²) in [5.41, 5.74) is 3.37. The lowest BCUT2D eigenvalue weighted by atomic mass is 10.2. The molecule has 0 atom stereocenters. The summed E-state index contributed by atoms with van der Waals surface area (Å²) < 4.78 is 0.796. The molecule has 4 rings (SSSR count). The number of nitro groups is 1. The van der Waals surface area contributed by atoms with Crippen molar-refractivity contribution < 1.29 is 9.72 Å². The van der Waals surface area contributed by atoms with Gasteiger partial charge in [-0.25, -0.2) is 5.43 Å². The third-order valence-electron chi connectivity index (χ3n) is 4.26. The Kier molecular flexibility index (Phi) is 6.31. The molecule has 0 aliphatic rings. The summed E-state index contributed by atoms with van der Waals surface area (Å²) in [6, 6.07) is 21.4. The largest absolute Gasteiger partial charge is 0.281 e. The molecule has 1 aromatic heterocycles.